The van der Waals surface area contributed by atoms with E-state index in [1.807, 2.05) is 0 Å². The van der Waals surface area contributed by atoms with Crippen molar-refractivity contribution in [3.8, 4) is 0 Å². The number of likely N-dealkylation sites (tertiary alicyclic amines) is 1. The van der Waals surface area contributed by atoms with Crippen molar-refractivity contribution >= 4 is 36.3 Å². The second kappa shape index (κ2) is 11.1. The fourth-order valence-corrected chi connectivity index (χ4v) is 3.51. The van der Waals surface area contributed by atoms with E-state index in [0.29, 0.717) is 18.5 Å². The summed E-state index contributed by atoms with van der Waals surface area (Å²) in [5, 5.41) is 23.6. The molecule has 1 aromatic rings. The molecule has 1 aliphatic heterocycles. The standard InChI is InChI=1S/C18H28N6O6S/c1-9(25)14(19)16(27)22-11(5-10-6-20-8-21-10)17(28)24-4-2-3-13(24)15(26)23-12(7-31)18(29)30/h6,8-9,11-14,25,31H,2-5,7,19H2,1H3,(H,20,21)(H,22,27)(H,23,26)(H,29,30). The van der Waals surface area contributed by atoms with Crippen LogP contribution in [0, 0.1) is 0 Å². The van der Waals surface area contributed by atoms with Gasteiger partial charge in [-0.05, 0) is 19.8 Å². The van der Waals surface area contributed by atoms with Crippen molar-refractivity contribution in [1.82, 2.24) is 25.5 Å². The number of aliphatic hydroxyl groups is 1. The fourth-order valence-electron chi connectivity index (χ4n) is 3.26. The molecule has 12 nitrogen and oxygen atoms in total. The lowest BCUT2D eigenvalue weighted by Gasteiger charge is -2.30. The predicted octanol–water partition coefficient (Wildman–Crippen LogP) is -2.36. The van der Waals surface area contributed by atoms with Crippen molar-refractivity contribution in [2.24, 2.45) is 5.73 Å². The minimum atomic E-state index is -1.23. The molecule has 0 aliphatic carbocycles. The van der Waals surface area contributed by atoms with E-state index in [0.717, 1.165) is 0 Å². The van der Waals surface area contributed by atoms with Crippen LogP contribution in [0.4, 0.5) is 0 Å². The SMILES string of the molecule is CC(O)C(N)C(=O)NC(Cc1cnc[nH]1)C(=O)N1CCCC1C(=O)NC(CS)C(=O)O. The number of carboxylic acid groups (broad SMARTS) is 1. The lowest BCUT2D eigenvalue weighted by molar-refractivity contribution is -0.144. The average molecular weight is 457 g/mol. The van der Waals surface area contributed by atoms with Crippen LogP contribution < -0.4 is 16.4 Å². The quantitative estimate of drug-likeness (QED) is 0.190. The third-order valence-corrected chi connectivity index (χ3v) is 5.42. The molecule has 2 rings (SSSR count). The van der Waals surface area contributed by atoms with Gasteiger partial charge in [0.1, 0.15) is 24.2 Å². The lowest BCUT2D eigenvalue weighted by Crippen LogP contribution is -2.58. The van der Waals surface area contributed by atoms with E-state index in [9.17, 15) is 24.3 Å². The summed E-state index contributed by atoms with van der Waals surface area (Å²) in [7, 11) is 0. The van der Waals surface area contributed by atoms with Gasteiger partial charge in [0.05, 0.1) is 12.4 Å². The zero-order chi connectivity index (χ0) is 23.1. The Morgan fingerprint density at radius 2 is 2.06 bits per heavy atom. The summed E-state index contributed by atoms with van der Waals surface area (Å²) in [5.74, 6) is -3.15. The van der Waals surface area contributed by atoms with Crippen LogP contribution in [0.25, 0.3) is 0 Å². The van der Waals surface area contributed by atoms with Gasteiger partial charge in [-0.3, -0.25) is 14.4 Å². The van der Waals surface area contributed by atoms with E-state index < -0.39 is 54.0 Å². The maximum Gasteiger partial charge on any atom is 0.327 e. The van der Waals surface area contributed by atoms with Gasteiger partial charge in [0.15, 0.2) is 0 Å². The van der Waals surface area contributed by atoms with Crippen LogP contribution in [0.3, 0.4) is 0 Å². The maximum atomic E-state index is 13.3. The molecule has 0 aromatic carbocycles. The lowest BCUT2D eigenvalue weighted by atomic mass is 10.1. The molecule has 0 bridgehead atoms. The van der Waals surface area contributed by atoms with Gasteiger partial charge < -0.3 is 36.5 Å². The first-order chi connectivity index (χ1) is 14.6. The van der Waals surface area contributed by atoms with E-state index >= 15 is 0 Å². The van der Waals surface area contributed by atoms with Gasteiger partial charge in [-0.1, -0.05) is 0 Å². The topological polar surface area (TPSA) is 191 Å². The number of nitrogens with two attached hydrogens (primary N) is 1. The summed E-state index contributed by atoms with van der Waals surface area (Å²) >= 11 is 3.93. The first-order valence-corrected chi connectivity index (χ1v) is 10.4. The largest absolute Gasteiger partial charge is 0.480 e. The molecule has 2 heterocycles. The fraction of sp³-hybridized carbons (Fsp3) is 0.611. The van der Waals surface area contributed by atoms with E-state index in [4.69, 9.17) is 10.8 Å². The molecule has 0 radical (unpaired) electrons. The highest BCUT2D eigenvalue weighted by Gasteiger charge is 2.39. The first-order valence-electron chi connectivity index (χ1n) is 9.81. The van der Waals surface area contributed by atoms with Crippen LogP contribution in [-0.2, 0) is 25.6 Å². The molecule has 13 heteroatoms. The number of imidazole rings is 1. The minimum Gasteiger partial charge on any atom is -0.480 e. The van der Waals surface area contributed by atoms with Crippen LogP contribution in [-0.4, -0.2) is 91.3 Å². The Bertz CT molecular complexity index is 789. The normalized spacial score (nSPS) is 19.9. The summed E-state index contributed by atoms with van der Waals surface area (Å²) in [6, 6.07) is -4.36. The molecule has 1 aromatic heterocycles. The highest BCUT2D eigenvalue weighted by Crippen LogP contribution is 2.20. The van der Waals surface area contributed by atoms with Gasteiger partial charge in [0.2, 0.25) is 17.7 Å². The van der Waals surface area contributed by atoms with E-state index in [-0.39, 0.29) is 18.7 Å². The maximum absolute atomic E-state index is 13.3. The molecule has 172 valence electrons. The molecule has 31 heavy (non-hydrogen) atoms. The number of aromatic amines is 1. The Morgan fingerprint density at radius 1 is 1.35 bits per heavy atom. The van der Waals surface area contributed by atoms with E-state index in [1.165, 1.54) is 24.3 Å². The van der Waals surface area contributed by atoms with E-state index in [2.05, 4.69) is 33.2 Å². The first kappa shape index (κ1) is 24.6. The van der Waals surface area contributed by atoms with Gasteiger partial charge in [0, 0.05) is 30.6 Å². The number of aromatic nitrogens is 2. The number of carbonyl (C=O) groups excluding carboxylic acids is 3. The second-order valence-corrected chi connectivity index (χ2v) is 7.75. The number of carboxylic acids is 1. The summed E-state index contributed by atoms with van der Waals surface area (Å²) < 4.78 is 0. The summed E-state index contributed by atoms with van der Waals surface area (Å²) in [5.41, 5.74) is 6.25. The van der Waals surface area contributed by atoms with Crippen molar-refractivity contribution in [3.63, 3.8) is 0 Å². The zero-order valence-electron chi connectivity index (χ0n) is 17.0. The van der Waals surface area contributed by atoms with Gasteiger partial charge in [-0.25, -0.2) is 9.78 Å². The van der Waals surface area contributed by atoms with Crippen molar-refractivity contribution in [2.75, 3.05) is 12.3 Å². The van der Waals surface area contributed by atoms with Crippen LogP contribution >= 0.6 is 12.6 Å². The Hall–Kier alpha value is -2.64. The molecule has 0 spiro atoms. The third-order valence-electron chi connectivity index (χ3n) is 5.05. The molecular formula is C18H28N6O6S. The number of hydrogen-bond donors (Lipinski definition) is 7. The number of aliphatic hydroxyl groups excluding tert-OH is 1. The van der Waals surface area contributed by atoms with Gasteiger partial charge in [0.25, 0.3) is 0 Å². The molecule has 1 aliphatic rings. The minimum absolute atomic E-state index is 0.0658. The number of rotatable bonds is 10. The Balaban J connectivity index is 2.18. The van der Waals surface area contributed by atoms with Crippen LogP contribution in [0.1, 0.15) is 25.5 Å². The van der Waals surface area contributed by atoms with Crippen LogP contribution in [0.5, 0.6) is 0 Å². The number of thiol groups is 1. The second-order valence-electron chi connectivity index (χ2n) is 7.38. The average Bonchev–Trinajstić information content (AvgIpc) is 3.41. The number of carbonyl (C=O) groups is 4. The Morgan fingerprint density at radius 3 is 2.61 bits per heavy atom. The van der Waals surface area contributed by atoms with Gasteiger partial charge in [-0.2, -0.15) is 12.6 Å². The van der Waals surface area contributed by atoms with Crippen molar-refractivity contribution in [3.05, 3.63) is 18.2 Å². The Labute approximate surface area is 184 Å². The molecule has 7 N–H and O–H groups in total. The van der Waals surface area contributed by atoms with Crippen molar-refractivity contribution in [1.29, 1.82) is 0 Å². The molecule has 3 amide bonds. The number of H-pyrrole nitrogens is 1. The number of nitrogens with zero attached hydrogens (tertiary/aromatic N) is 2. The molecule has 1 fully saturated rings. The monoisotopic (exact) mass is 456 g/mol. The van der Waals surface area contributed by atoms with Crippen LogP contribution in [0.15, 0.2) is 12.5 Å². The molecule has 5 atom stereocenters. The highest BCUT2D eigenvalue weighted by atomic mass is 32.1. The number of hydrogen-bond acceptors (Lipinski definition) is 8. The van der Waals surface area contributed by atoms with Crippen LogP contribution in [0.2, 0.25) is 0 Å². The third kappa shape index (κ3) is 6.42. The Kier molecular flexibility index (Phi) is 8.83. The van der Waals surface area contributed by atoms with Crippen molar-refractivity contribution < 1.29 is 29.4 Å². The smallest absolute Gasteiger partial charge is 0.327 e. The summed E-state index contributed by atoms with van der Waals surface area (Å²) in [4.78, 5) is 57.5. The molecule has 0 saturated carbocycles. The molecular weight excluding hydrogens is 428 g/mol. The number of nitrogens with one attached hydrogen (secondary N) is 3. The number of aliphatic carboxylic acids is 1. The molecule has 5 unspecified atom stereocenters. The summed E-state index contributed by atoms with van der Waals surface area (Å²) in [6.45, 7) is 1.63. The zero-order valence-corrected chi connectivity index (χ0v) is 17.9. The van der Waals surface area contributed by atoms with Crippen molar-refractivity contribution in [2.45, 2.75) is 56.5 Å². The van der Waals surface area contributed by atoms with E-state index in [1.54, 1.807) is 0 Å². The molecule has 1 saturated heterocycles. The number of amides is 3. The van der Waals surface area contributed by atoms with Gasteiger partial charge >= 0.3 is 5.97 Å². The van der Waals surface area contributed by atoms with Gasteiger partial charge in [-0.15, -0.1) is 0 Å². The summed E-state index contributed by atoms with van der Waals surface area (Å²) in [6.07, 6.45) is 2.77. The highest BCUT2D eigenvalue weighted by molar-refractivity contribution is 7.80. The predicted molar refractivity (Wildman–Crippen MR) is 112 cm³/mol.